The third-order valence-corrected chi connectivity index (χ3v) is 4.90. The molecule has 0 atom stereocenters. The van der Waals surface area contributed by atoms with Crippen LogP contribution in [0.1, 0.15) is 24.5 Å². The third-order valence-electron chi connectivity index (χ3n) is 4.90. The molecule has 0 radical (unpaired) electrons. The van der Waals surface area contributed by atoms with Crippen LogP contribution < -0.4 is 0 Å². The van der Waals surface area contributed by atoms with Gasteiger partial charge in [-0.25, -0.2) is 9.37 Å². The number of pyridine rings is 1. The number of benzene rings is 1. The topological polar surface area (TPSA) is 34.0 Å². The summed E-state index contributed by atoms with van der Waals surface area (Å²) in [6.45, 7) is 2.19. The summed E-state index contributed by atoms with van der Waals surface area (Å²) < 4.78 is 15.4. The fourth-order valence-electron chi connectivity index (χ4n) is 3.40. The number of aromatic nitrogens is 3. The second-order valence-corrected chi connectivity index (χ2v) is 6.65. The number of halogens is 1. The highest BCUT2D eigenvalue weighted by molar-refractivity contribution is 5.58. The van der Waals surface area contributed by atoms with Crippen LogP contribution in [0.2, 0.25) is 0 Å². The highest BCUT2D eigenvalue weighted by atomic mass is 19.1. The van der Waals surface area contributed by atoms with Gasteiger partial charge < -0.3 is 4.90 Å². The van der Waals surface area contributed by atoms with Crippen molar-refractivity contribution in [3.63, 3.8) is 0 Å². The average Bonchev–Trinajstić information content (AvgIpc) is 3.09. The van der Waals surface area contributed by atoms with E-state index >= 15 is 0 Å². The van der Waals surface area contributed by atoms with Crippen molar-refractivity contribution < 1.29 is 4.39 Å². The van der Waals surface area contributed by atoms with Crippen LogP contribution >= 0.6 is 0 Å². The number of likely N-dealkylation sites (tertiary alicyclic amines) is 1. The summed E-state index contributed by atoms with van der Waals surface area (Å²) in [5, 5.41) is 0. The van der Waals surface area contributed by atoms with Crippen LogP contribution in [-0.4, -0.2) is 39.6 Å². The molecule has 0 bridgehead atoms. The molecular weight excluding hydrogens is 315 g/mol. The van der Waals surface area contributed by atoms with Crippen LogP contribution in [0.15, 0.2) is 55.0 Å². The lowest BCUT2D eigenvalue weighted by Crippen LogP contribution is -2.29. The fraction of sp³-hybridized carbons (Fsp3) is 0.300. The monoisotopic (exact) mass is 336 g/mol. The van der Waals surface area contributed by atoms with Gasteiger partial charge in [-0.15, -0.1) is 0 Å². The van der Waals surface area contributed by atoms with Crippen molar-refractivity contribution in [3.8, 4) is 17.1 Å². The molecule has 1 aliphatic heterocycles. The quantitative estimate of drug-likeness (QED) is 0.728. The van der Waals surface area contributed by atoms with Crippen LogP contribution in [0.4, 0.5) is 4.39 Å². The lowest BCUT2D eigenvalue weighted by molar-refractivity contribution is 0.253. The molecule has 2 aromatic heterocycles. The molecule has 1 fully saturated rings. The highest BCUT2D eigenvalue weighted by Gasteiger charge is 2.22. The molecule has 3 heterocycles. The number of imidazole rings is 1. The van der Waals surface area contributed by atoms with Gasteiger partial charge in [-0.2, -0.15) is 0 Å². The van der Waals surface area contributed by atoms with Gasteiger partial charge in [0.25, 0.3) is 0 Å². The molecule has 0 N–H and O–H groups in total. The van der Waals surface area contributed by atoms with Gasteiger partial charge in [0.05, 0.1) is 5.69 Å². The Morgan fingerprint density at radius 1 is 1.00 bits per heavy atom. The molecular formula is C20H21FN4. The van der Waals surface area contributed by atoms with Crippen molar-refractivity contribution in [1.29, 1.82) is 0 Å². The Hall–Kier alpha value is -2.53. The van der Waals surface area contributed by atoms with Gasteiger partial charge >= 0.3 is 0 Å². The maximum Gasteiger partial charge on any atom is 0.144 e. The fourth-order valence-corrected chi connectivity index (χ4v) is 3.40. The van der Waals surface area contributed by atoms with Gasteiger partial charge in [0.15, 0.2) is 0 Å². The lowest BCUT2D eigenvalue weighted by atomic mass is 9.94. The van der Waals surface area contributed by atoms with Crippen LogP contribution in [0.25, 0.3) is 17.1 Å². The Bertz CT molecular complexity index is 834. The molecule has 1 saturated heterocycles. The number of piperidine rings is 1. The molecule has 3 aromatic rings. The standard InChI is InChI=1S/C20H21FN4/c1-24-12-8-15(9-13-24)19-14-25(18-4-2-17(21)3-5-18)20(23-19)16-6-10-22-11-7-16/h2-7,10-11,14-15H,8-9,12-13H2,1H3. The molecule has 5 heteroatoms. The van der Waals surface area contributed by atoms with Gasteiger partial charge in [-0.3, -0.25) is 9.55 Å². The molecule has 128 valence electrons. The maximum absolute atomic E-state index is 13.3. The zero-order valence-corrected chi connectivity index (χ0v) is 14.3. The summed E-state index contributed by atoms with van der Waals surface area (Å²) in [6.07, 6.45) is 7.89. The minimum absolute atomic E-state index is 0.232. The van der Waals surface area contributed by atoms with Crippen molar-refractivity contribution >= 4 is 0 Å². The zero-order chi connectivity index (χ0) is 17.2. The number of rotatable bonds is 3. The highest BCUT2D eigenvalue weighted by Crippen LogP contribution is 2.31. The summed E-state index contributed by atoms with van der Waals surface area (Å²) in [5.74, 6) is 1.12. The molecule has 0 saturated carbocycles. The van der Waals surface area contributed by atoms with Gasteiger partial charge in [-0.05, 0) is 69.4 Å². The van der Waals surface area contributed by atoms with Crippen LogP contribution in [0, 0.1) is 5.82 Å². The smallest absolute Gasteiger partial charge is 0.144 e. The molecule has 1 aliphatic rings. The number of nitrogens with zero attached hydrogens (tertiary/aromatic N) is 4. The van der Waals surface area contributed by atoms with Crippen molar-refractivity contribution in [3.05, 3.63) is 66.5 Å². The Morgan fingerprint density at radius 3 is 2.36 bits per heavy atom. The van der Waals surface area contributed by atoms with E-state index in [1.54, 1.807) is 24.5 Å². The van der Waals surface area contributed by atoms with Crippen LogP contribution in [0.5, 0.6) is 0 Å². The van der Waals surface area contributed by atoms with Crippen molar-refractivity contribution in [1.82, 2.24) is 19.4 Å². The van der Waals surface area contributed by atoms with E-state index in [9.17, 15) is 4.39 Å². The predicted octanol–water partition coefficient (Wildman–Crippen LogP) is 3.88. The van der Waals surface area contributed by atoms with E-state index in [0.717, 1.165) is 48.7 Å². The third kappa shape index (κ3) is 3.33. The Kier molecular flexibility index (Phi) is 4.32. The molecule has 4 rings (SSSR count). The summed E-state index contributed by atoms with van der Waals surface area (Å²) in [5.41, 5.74) is 3.04. The molecule has 0 aliphatic carbocycles. The number of hydrogen-bond donors (Lipinski definition) is 0. The summed E-state index contributed by atoms with van der Waals surface area (Å²) in [7, 11) is 2.16. The van der Waals surface area contributed by atoms with E-state index in [1.165, 1.54) is 12.1 Å². The van der Waals surface area contributed by atoms with E-state index in [1.807, 2.05) is 12.1 Å². The van der Waals surface area contributed by atoms with Crippen LogP contribution in [0.3, 0.4) is 0 Å². The summed E-state index contributed by atoms with van der Waals surface area (Å²) in [6, 6.07) is 10.5. The Morgan fingerprint density at radius 2 is 1.68 bits per heavy atom. The Labute approximate surface area is 147 Å². The SMILES string of the molecule is CN1CCC(c2cn(-c3ccc(F)cc3)c(-c3ccncc3)n2)CC1. The molecule has 4 nitrogen and oxygen atoms in total. The van der Waals surface area contributed by atoms with Gasteiger partial charge in [0.2, 0.25) is 0 Å². The van der Waals surface area contributed by atoms with E-state index < -0.39 is 0 Å². The second kappa shape index (κ2) is 6.76. The van der Waals surface area contributed by atoms with Crippen LogP contribution in [-0.2, 0) is 0 Å². The Balaban J connectivity index is 1.77. The normalized spacial score (nSPS) is 16.2. The molecule has 0 unspecified atom stereocenters. The summed E-state index contributed by atoms with van der Waals surface area (Å²) >= 11 is 0. The first-order valence-electron chi connectivity index (χ1n) is 8.65. The van der Waals surface area contributed by atoms with E-state index in [-0.39, 0.29) is 5.82 Å². The minimum Gasteiger partial charge on any atom is -0.306 e. The maximum atomic E-state index is 13.3. The van der Waals surface area contributed by atoms with E-state index in [4.69, 9.17) is 4.98 Å². The first-order valence-corrected chi connectivity index (χ1v) is 8.65. The summed E-state index contributed by atoms with van der Waals surface area (Å²) in [4.78, 5) is 11.4. The molecule has 0 amide bonds. The second-order valence-electron chi connectivity index (χ2n) is 6.65. The van der Waals surface area contributed by atoms with Crippen molar-refractivity contribution in [2.45, 2.75) is 18.8 Å². The van der Waals surface area contributed by atoms with Crippen molar-refractivity contribution in [2.24, 2.45) is 0 Å². The predicted molar refractivity (Wildman–Crippen MR) is 96.2 cm³/mol. The van der Waals surface area contributed by atoms with E-state index in [0.29, 0.717) is 5.92 Å². The van der Waals surface area contributed by atoms with Crippen molar-refractivity contribution in [2.75, 3.05) is 20.1 Å². The first kappa shape index (κ1) is 16.0. The van der Waals surface area contributed by atoms with Gasteiger partial charge in [0.1, 0.15) is 11.6 Å². The first-order chi connectivity index (χ1) is 12.2. The lowest BCUT2D eigenvalue weighted by Gasteiger charge is -2.27. The zero-order valence-electron chi connectivity index (χ0n) is 14.3. The minimum atomic E-state index is -0.232. The molecule has 0 spiro atoms. The van der Waals surface area contributed by atoms with Gasteiger partial charge in [-0.1, -0.05) is 0 Å². The molecule has 25 heavy (non-hydrogen) atoms. The molecule has 1 aromatic carbocycles. The van der Waals surface area contributed by atoms with Gasteiger partial charge in [0, 0.05) is 35.8 Å². The van der Waals surface area contributed by atoms with E-state index in [2.05, 4.69) is 27.7 Å². The number of hydrogen-bond acceptors (Lipinski definition) is 3. The largest absolute Gasteiger partial charge is 0.306 e. The average molecular weight is 336 g/mol.